The molecule has 0 aliphatic rings. The first-order chi connectivity index (χ1) is 13.4. The molecule has 3 aromatic rings. The van der Waals surface area contributed by atoms with Crippen LogP contribution in [0, 0.1) is 6.92 Å². The van der Waals surface area contributed by atoms with Crippen LogP contribution in [0.2, 0.25) is 0 Å². The predicted octanol–water partition coefficient (Wildman–Crippen LogP) is 3.94. The first-order valence-corrected chi connectivity index (χ1v) is 8.66. The molecule has 1 N–H and O–H groups in total. The molecule has 2 aromatic carbocycles. The number of benzene rings is 2. The van der Waals surface area contributed by atoms with Gasteiger partial charge in [0.05, 0.1) is 19.9 Å². The minimum atomic E-state index is -1.03. The third kappa shape index (κ3) is 3.78. The molecule has 0 saturated carbocycles. The van der Waals surface area contributed by atoms with Crippen molar-refractivity contribution in [2.24, 2.45) is 0 Å². The molecule has 0 saturated heterocycles. The number of aryl methyl sites for hydroxylation is 1. The lowest BCUT2D eigenvalue weighted by Gasteiger charge is -2.14. The number of hydrogen-bond acceptors (Lipinski definition) is 6. The van der Waals surface area contributed by atoms with Gasteiger partial charge in [0.1, 0.15) is 17.1 Å². The number of anilines is 1. The zero-order valence-electron chi connectivity index (χ0n) is 16.1. The second-order valence-electron chi connectivity index (χ2n) is 6.16. The highest BCUT2D eigenvalue weighted by Crippen LogP contribution is 2.29. The normalized spacial score (nSPS) is 11.7. The average Bonchev–Trinajstić information content (AvgIpc) is 3.04. The third-order valence-corrected chi connectivity index (χ3v) is 4.35. The molecule has 7 heteroatoms. The standard InChI is InChI=1S/C21H21NO6/c1-12-15-11-14(25-3)9-10-17(15)28-19(12)21(24)27-13(2)20(23)22-16-7-5-6-8-18(16)26-4/h5-11,13H,1-4H3,(H,22,23)/t13-/m1/s1. The van der Waals surface area contributed by atoms with Gasteiger partial charge in [-0.1, -0.05) is 12.1 Å². The van der Waals surface area contributed by atoms with Gasteiger partial charge in [-0.05, 0) is 44.2 Å². The number of nitrogens with one attached hydrogen (secondary N) is 1. The molecule has 0 unspecified atom stereocenters. The molecule has 7 nitrogen and oxygen atoms in total. The van der Waals surface area contributed by atoms with Crippen LogP contribution < -0.4 is 14.8 Å². The molecule has 1 aromatic heterocycles. The Bertz CT molecular complexity index is 1020. The molecule has 0 spiro atoms. The second-order valence-corrected chi connectivity index (χ2v) is 6.16. The Balaban J connectivity index is 1.74. The summed E-state index contributed by atoms with van der Waals surface area (Å²) in [6.07, 6.45) is -1.03. The van der Waals surface area contributed by atoms with Crippen molar-refractivity contribution in [1.29, 1.82) is 0 Å². The van der Waals surface area contributed by atoms with Crippen molar-refractivity contribution >= 4 is 28.5 Å². The number of fused-ring (bicyclic) bond motifs is 1. The number of hydrogen-bond donors (Lipinski definition) is 1. The first kappa shape index (κ1) is 19.3. The molecule has 0 aliphatic carbocycles. The van der Waals surface area contributed by atoms with Crippen molar-refractivity contribution in [1.82, 2.24) is 0 Å². The molecule has 1 heterocycles. The Hall–Kier alpha value is -3.48. The minimum absolute atomic E-state index is 0.0557. The highest BCUT2D eigenvalue weighted by Gasteiger charge is 2.25. The summed E-state index contributed by atoms with van der Waals surface area (Å²) in [7, 11) is 3.07. The van der Waals surface area contributed by atoms with E-state index in [9.17, 15) is 9.59 Å². The van der Waals surface area contributed by atoms with Crippen LogP contribution in [0.1, 0.15) is 23.0 Å². The molecule has 3 rings (SSSR count). The molecular formula is C21H21NO6. The third-order valence-electron chi connectivity index (χ3n) is 4.35. The lowest BCUT2D eigenvalue weighted by Crippen LogP contribution is -2.30. The van der Waals surface area contributed by atoms with E-state index in [2.05, 4.69) is 5.32 Å². The van der Waals surface area contributed by atoms with Crippen LogP contribution in [0.3, 0.4) is 0 Å². The van der Waals surface area contributed by atoms with Gasteiger partial charge in [0.2, 0.25) is 5.76 Å². The van der Waals surface area contributed by atoms with Crippen LogP contribution >= 0.6 is 0 Å². The van der Waals surface area contributed by atoms with Gasteiger partial charge < -0.3 is 23.9 Å². The van der Waals surface area contributed by atoms with Crippen molar-refractivity contribution in [3.8, 4) is 11.5 Å². The fourth-order valence-corrected chi connectivity index (χ4v) is 2.77. The highest BCUT2D eigenvalue weighted by atomic mass is 16.6. The molecular weight excluding hydrogens is 362 g/mol. The lowest BCUT2D eigenvalue weighted by molar-refractivity contribution is -0.123. The van der Waals surface area contributed by atoms with E-state index in [-0.39, 0.29) is 5.76 Å². The van der Waals surface area contributed by atoms with E-state index >= 15 is 0 Å². The molecule has 28 heavy (non-hydrogen) atoms. The van der Waals surface area contributed by atoms with Gasteiger partial charge in [0, 0.05) is 10.9 Å². The smallest absolute Gasteiger partial charge is 0.375 e. The van der Waals surface area contributed by atoms with E-state index in [0.717, 1.165) is 5.39 Å². The van der Waals surface area contributed by atoms with Crippen molar-refractivity contribution in [3.63, 3.8) is 0 Å². The Labute approximate surface area is 162 Å². The number of amides is 1. The van der Waals surface area contributed by atoms with Crippen LogP contribution in [-0.4, -0.2) is 32.2 Å². The SMILES string of the molecule is COc1ccc2oc(C(=O)O[C@H](C)C(=O)Nc3ccccc3OC)c(C)c2c1. The van der Waals surface area contributed by atoms with Gasteiger partial charge in [0.15, 0.2) is 6.10 Å². The molecule has 0 bridgehead atoms. The molecule has 0 radical (unpaired) electrons. The fourth-order valence-electron chi connectivity index (χ4n) is 2.77. The van der Waals surface area contributed by atoms with E-state index in [1.165, 1.54) is 14.0 Å². The topological polar surface area (TPSA) is 87.0 Å². The Kier molecular flexibility index (Phi) is 5.54. The summed E-state index contributed by atoms with van der Waals surface area (Å²) in [6.45, 7) is 3.24. The number of furan rings is 1. The van der Waals surface area contributed by atoms with Gasteiger partial charge >= 0.3 is 5.97 Å². The van der Waals surface area contributed by atoms with E-state index in [4.69, 9.17) is 18.6 Å². The number of carbonyl (C=O) groups excluding carboxylic acids is 2. The average molecular weight is 383 g/mol. The van der Waals surface area contributed by atoms with Crippen LogP contribution in [0.25, 0.3) is 11.0 Å². The molecule has 1 amide bonds. The number of carbonyl (C=O) groups is 2. The van der Waals surface area contributed by atoms with Crippen molar-refractivity contribution in [3.05, 3.63) is 53.8 Å². The van der Waals surface area contributed by atoms with Crippen LogP contribution in [-0.2, 0) is 9.53 Å². The van der Waals surface area contributed by atoms with Crippen LogP contribution in [0.15, 0.2) is 46.9 Å². The first-order valence-electron chi connectivity index (χ1n) is 8.66. The van der Waals surface area contributed by atoms with Gasteiger partial charge in [-0.25, -0.2) is 4.79 Å². The van der Waals surface area contributed by atoms with E-state index in [1.807, 2.05) is 0 Å². The van der Waals surface area contributed by atoms with Gasteiger partial charge in [0.25, 0.3) is 5.91 Å². The van der Waals surface area contributed by atoms with E-state index in [0.29, 0.717) is 28.3 Å². The van der Waals surface area contributed by atoms with Crippen molar-refractivity contribution in [2.75, 3.05) is 19.5 Å². The molecule has 146 valence electrons. The number of methoxy groups -OCH3 is 2. The molecule has 1 atom stereocenters. The molecule has 0 fully saturated rings. The Morgan fingerprint density at radius 3 is 2.54 bits per heavy atom. The zero-order valence-corrected chi connectivity index (χ0v) is 16.1. The minimum Gasteiger partial charge on any atom is -0.497 e. The summed E-state index contributed by atoms with van der Waals surface area (Å²) >= 11 is 0. The monoisotopic (exact) mass is 383 g/mol. The summed E-state index contributed by atoms with van der Waals surface area (Å²) in [6, 6.07) is 12.2. The number of ether oxygens (including phenoxy) is 3. The summed E-state index contributed by atoms with van der Waals surface area (Å²) in [5, 5.41) is 3.43. The molecule has 0 aliphatic heterocycles. The van der Waals surface area contributed by atoms with Crippen LogP contribution in [0.5, 0.6) is 11.5 Å². The maximum absolute atomic E-state index is 12.5. The van der Waals surface area contributed by atoms with Gasteiger partial charge in [-0.15, -0.1) is 0 Å². The van der Waals surface area contributed by atoms with Gasteiger partial charge in [-0.3, -0.25) is 4.79 Å². The summed E-state index contributed by atoms with van der Waals surface area (Å²) in [5.74, 6) is 0.0288. The summed E-state index contributed by atoms with van der Waals surface area (Å²) in [5.41, 5.74) is 1.65. The predicted molar refractivity (Wildman–Crippen MR) is 104 cm³/mol. The maximum atomic E-state index is 12.5. The number of esters is 1. The van der Waals surface area contributed by atoms with Crippen LogP contribution in [0.4, 0.5) is 5.69 Å². The second kappa shape index (κ2) is 8.04. The van der Waals surface area contributed by atoms with E-state index < -0.39 is 18.0 Å². The maximum Gasteiger partial charge on any atom is 0.375 e. The van der Waals surface area contributed by atoms with Crippen molar-refractivity contribution < 1.29 is 28.2 Å². The van der Waals surface area contributed by atoms with Crippen molar-refractivity contribution in [2.45, 2.75) is 20.0 Å². The highest BCUT2D eigenvalue weighted by molar-refractivity contribution is 6.00. The van der Waals surface area contributed by atoms with Gasteiger partial charge in [-0.2, -0.15) is 0 Å². The fraction of sp³-hybridized carbons (Fsp3) is 0.238. The Morgan fingerprint density at radius 2 is 1.82 bits per heavy atom. The van der Waals surface area contributed by atoms with E-state index in [1.54, 1.807) is 56.5 Å². The largest absolute Gasteiger partial charge is 0.497 e. The Morgan fingerprint density at radius 1 is 1.07 bits per heavy atom. The quantitative estimate of drug-likeness (QED) is 0.649. The summed E-state index contributed by atoms with van der Waals surface area (Å²) in [4.78, 5) is 24.9. The lowest BCUT2D eigenvalue weighted by atomic mass is 10.1. The number of rotatable bonds is 6. The number of para-hydroxylation sites is 2. The zero-order chi connectivity index (χ0) is 20.3. The summed E-state index contributed by atoms with van der Waals surface area (Å²) < 4.78 is 21.3.